The number of rotatable bonds is 5. The van der Waals surface area contributed by atoms with Gasteiger partial charge in [0.25, 0.3) is 0 Å². The number of aromatic nitrogens is 1. The molecule has 0 bridgehead atoms. The van der Waals surface area contributed by atoms with Crippen molar-refractivity contribution in [2.45, 2.75) is 50.7 Å². The van der Waals surface area contributed by atoms with Gasteiger partial charge in [0.15, 0.2) is 0 Å². The molecule has 1 aromatic carbocycles. The maximum atomic E-state index is 11.6. The van der Waals surface area contributed by atoms with Crippen LogP contribution in [-0.4, -0.2) is 34.9 Å². The average Bonchev–Trinajstić information content (AvgIpc) is 2.72. The number of nitrogens with zero attached hydrogens (tertiary/aromatic N) is 2. The quantitative estimate of drug-likeness (QED) is 0.856. The molecule has 2 heterocycles. The number of carbonyl (C=O) groups excluding carboxylic acids is 1. The van der Waals surface area contributed by atoms with E-state index in [1.165, 1.54) is 17.7 Å². The van der Waals surface area contributed by atoms with Crippen LogP contribution in [0.2, 0.25) is 0 Å². The summed E-state index contributed by atoms with van der Waals surface area (Å²) in [7, 11) is 0. The number of aryl methyl sites for hydroxylation is 1. The molecule has 2 aromatic rings. The Labute approximate surface area is 161 Å². The first kappa shape index (κ1) is 18.1. The molecule has 0 saturated carbocycles. The molecule has 1 amide bonds. The fourth-order valence-electron chi connectivity index (χ4n) is 4.57. The van der Waals surface area contributed by atoms with Crippen molar-refractivity contribution in [2.75, 3.05) is 13.1 Å². The summed E-state index contributed by atoms with van der Waals surface area (Å²) in [5.41, 5.74) is 9.85. The van der Waals surface area contributed by atoms with Gasteiger partial charge in [-0.05, 0) is 74.5 Å². The summed E-state index contributed by atoms with van der Waals surface area (Å²) in [6.45, 7) is 2.95. The lowest BCUT2D eigenvalue weighted by Gasteiger charge is -2.42. The second-order valence-electron chi connectivity index (χ2n) is 7.67. The molecular weight excluding hydrogens is 336 g/mol. The molecule has 142 valence electrons. The van der Waals surface area contributed by atoms with Crippen LogP contribution in [0.3, 0.4) is 0 Å². The number of piperidine rings is 1. The number of benzene rings is 1. The number of primary amides is 1. The van der Waals surface area contributed by atoms with Gasteiger partial charge >= 0.3 is 0 Å². The van der Waals surface area contributed by atoms with Gasteiger partial charge in [0.2, 0.25) is 5.91 Å². The number of carbonyl (C=O) groups is 1. The first-order valence-corrected chi connectivity index (χ1v) is 10.0. The van der Waals surface area contributed by atoms with Crippen molar-refractivity contribution in [3.63, 3.8) is 0 Å². The summed E-state index contributed by atoms with van der Waals surface area (Å²) in [6, 6.07) is 12.9. The molecule has 3 N–H and O–H groups in total. The van der Waals surface area contributed by atoms with E-state index >= 15 is 0 Å². The van der Waals surface area contributed by atoms with Crippen molar-refractivity contribution >= 4 is 5.91 Å². The molecule has 1 aliphatic carbocycles. The molecule has 27 heavy (non-hydrogen) atoms. The van der Waals surface area contributed by atoms with Crippen molar-refractivity contribution in [3.8, 4) is 0 Å². The van der Waals surface area contributed by atoms with Crippen LogP contribution in [-0.2, 0) is 13.0 Å². The number of pyridine rings is 1. The third-order valence-corrected chi connectivity index (χ3v) is 5.92. The Bertz CT molecular complexity index is 800. The molecule has 1 aliphatic heterocycles. The van der Waals surface area contributed by atoms with E-state index in [9.17, 15) is 4.79 Å². The summed E-state index contributed by atoms with van der Waals surface area (Å²) in [6.07, 6.45) is 7.68. The monoisotopic (exact) mass is 364 g/mol. The summed E-state index contributed by atoms with van der Waals surface area (Å²) in [5, 5.41) is 3.48. The summed E-state index contributed by atoms with van der Waals surface area (Å²) < 4.78 is 0. The maximum Gasteiger partial charge on any atom is 0.248 e. The molecule has 4 rings (SSSR count). The molecule has 1 fully saturated rings. The average molecular weight is 364 g/mol. The van der Waals surface area contributed by atoms with Crippen LogP contribution in [0.15, 0.2) is 42.6 Å². The van der Waals surface area contributed by atoms with Crippen LogP contribution in [0.4, 0.5) is 0 Å². The van der Waals surface area contributed by atoms with Gasteiger partial charge in [0.1, 0.15) is 0 Å². The van der Waals surface area contributed by atoms with E-state index in [1.807, 2.05) is 24.4 Å². The largest absolute Gasteiger partial charge is 0.366 e. The van der Waals surface area contributed by atoms with E-state index in [1.54, 1.807) is 6.07 Å². The fraction of sp³-hybridized carbons (Fsp3) is 0.455. The predicted octanol–water partition coefficient (Wildman–Crippen LogP) is 2.81. The number of amides is 1. The predicted molar refractivity (Wildman–Crippen MR) is 106 cm³/mol. The third kappa shape index (κ3) is 4.04. The normalized spacial score (nSPS) is 20.4. The van der Waals surface area contributed by atoms with E-state index in [0.29, 0.717) is 17.6 Å². The molecular formula is C22H28N4O. The Kier molecular flexibility index (Phi) is 5.50. The summed E-state index contributed by atoms with van der Waals surface area (Å²) in [4.78, 5) is 19.0. The van der Waals surface area contributed by atoms with E-state index < -0.39 is 0 Å². The molecule has 5 heteroatoms. The Morgan fingerprint density at radius 3 is 2.85 bits per heavy atom. The lowest BCUT2D eigenvalue weighted by molar-refractivity contribution is 0.0860. The highest BCUT2D eigenvalue weighted by Crippen LogP contribution is 2.36. The van der Waals surface area contributed by atoms with Crippen molar-refractivity contribution in [3.05, 3.63) is 65.0 Å². The minimum absolute atomic E-state index is 0.343. The number of nitrogens with one attached hydrogen (secondary N) is 1. The van der Waals surface area contributed by atoms with Gasteiger partial charge in [-0.25, -0.2) is 0 Å². The van der Waals surface area contributed by atoms with Crippen LogP contribution in [0.1, 0.15) is 58.9 Å². The molecule has 1 unspecified atom stereocenters. The first-order chi connectivity index (χ1) is 13.2. The van der Waals surface area contributed by atoms with Crippen LogP contribution >= 0.6 is 0 Å². The van der Waals surface area contributed by atoms with Gasteiger partial charge in [-0.1, -0.05) is 18.2 Å². The van der Waals surface area contributed by atoms with Crippen molar-refractivity contribution in [1.29, 1.82) is 0 Å². The molecule has 0 radical (unpaired) electrons. The molecule has 1 atom stereocenters. The summed E-state index contributed by atoms with van der Waals surface area (Å²) >= 11 is 0. The van der Waals surface area contributed by atoms with E-state index in [-0.39, 0.29) is 5.91 Å². The van der Waals surface area contributed by atoms with Gasteiger partial charge < -0.3 is 11.1 Å². The summed E-state index contributed by atoms with van der Waals surface area (Å²) in [5.74, 6) is -0.366. The number of hydrogen-bond donors (Lipinski definition) is 2. The van der Waals surface area contributed by atoms with Crippen LogP contribution in [0.25, 0.3) is 0 Å². The van der Waals surface area contributed by atoms with Gasteiger partial charge in [0, 0.05) is 24.3 Å². The Hall–Kier alpha value is -2.24. The standard InChI is InChI=1S/C22H28N4O/c23-22(27)18-6-1-4-16(14-18)15-26(19-9-12-24-13-10-19)20-8-2-5-17-7-3-11-25-21(17)20/h1,3-4,6-7,11,14,19-20,24H,2,5,8-10,12-13,15H2,(H2,23,27). The lowest BCUT2D eigenvalue weighted by Crippen LogP contribution is -2.45. The van der Waals surface area contributed by atoms with Gasteiger partial charge in [-0.15, -0.1) is 0 Å². The highest BCUT2D eigenvalue weighted by molar-refractivity contribution is 5.92. The van der Waals surface area contributed by atoms with Crippen molar-refractivity contribution in [2.24, 2.45) is 5.73 Å². The zero-order chi connectivity index (χ0) is 18.6. The zero-order valence-corrected chi connectivity index (χ0v) is 15.7. The highest BCUT2D eigenvalue weighted by atomic mass is 16.1. The second kappa shape index (κ2) is 8.19. The molecule has 5 nitrogen and oxygen atoms in total. The van der Waals surface area contributed by atoms with Crippen LogP contribution in [0, 0.1) is 0 Å². The maximum absolute atomic E-state index is 11.6. The number of fused-ring (bicyclic) bond motifs is 1. The Balaban J connectivity index is 1.66. The Morgan fingerprint density at radius 2 is 2.04 bits per heavy atom. The second-order valence-corrected chi connectivity index (χ2v) is 7.67. The van der Waals surface area contributed by atoms with Gasteiger partial charge in [-0.3, -0.25) is 14.7 Å². The fourth-order valence-corrected chi connectivity index (χ4v) is 4.57. The lowest BCUT2D eigenvalue weighted by atomic mass is 9.88. The van der Waals surface area contributed by atoms with Gasteiger partial charge in [0.05, 0.1) is 11.7 Å². The SMILES string of the molecule is NC(=O)c1cccc(CN(C2CCNCC2)C2CCCc3cccnc32)c1. The van der Waals surface area contributed by atoms with E-state index in [4.69, 9.17) is 10.7 Å². The van der Waals surface area contributed by atoms with E-state index in [2.05, 4.69) is 22.3 Å². The highest BCUT2D eigenvalue weighted by Gasteiger charge is 2.32. The van der Waals surface area contributed by atoms with Crippen molar-refractivity contribution in [1.82, 2.24) is 15.2 Å². The number of nitrogens with two attached hydrogens (primary N) is 1. The topological polar surface area (TPSA) is 71.2 Å². The molecule has 0 spiro atoms. The van der Waals surface area contributed by atoms with Crippen molar-refractivity contribution < 1.29 is 4.79 Å². The Morgan fingerprint density at radius 1 is 1.19 bits per heavy atom. The van der Waals surface area contributed by atoms with Crippen LogP contribution in [0.5, 0.6) is 0 Å². The molecule has 1 aromatic heterocycles. The molecule has 1 saturated heterocycles. The van der Waals surface area contributed by atoms with Crippen LogP contribution < -0.4 is 11.1 Å². The third-order valence-electron chi connectivity index (χ3n) is 5.92. The van der Waals surface area contributed by atoms with Gasteiger partial charge in [-0.2, -0.15) is 0 Å². The smallest absolute Gasteiger partial charge is 0.248 e. The zero-order valence-electron chi connectivity index (χ0n) is 15.7. The minimum atomic E-state index is -0.366. The number of hydrogen-bond acceptors (Lipinski definition) is 4. The van der Waals surface area contributed by atoms with E-state index in [0.717, 1.165) is 50.9 Å². The molecule has 2 aliphatic rings. The first-order valence-electron chi connectivity index (χ1n) is 10.0. The minimum Gasteiger partial charge on any atom is -0.366 e.